The van der Waals surface area contributed by atoms with E-state index in [2.05, 4.69) is 5.16 Å². The molecule has 2 atom stereocenters. The summed E-state index contributed by atoms with van der Waals surface area (Å²) in [6.07, 6.45) is -1.07. The predicted octanol–water partition coefficient (Wildman–Crippen LogP) is 2.12. The normalized spacial score (nSPS) is 21.8. The van der Waals surface area contributed by atoms with E-state index >= 15 is 0 Å². The Morgan fingerprint density at radius 2 is 1.68 bits per heavy atom. The molecule has 0 aromatic heterocycles. The highest BCUT2D eigenvalue weighted by Gasteiger charge is 2.57. The summed E-state index contributed by atoms with van der Waals surface area (Å²) in [7, 11) is 0. The van der Waals surface area contributed by atoms with Crippen LogP contribution in [0.3, 0.4) is 0 Å². The molecule has 6 nitrogen and oxygen atoms in total. The Bertz CT molecular complexity index is 903. The highest BCUT2D eigenvalue weighted by Crippen LogP contribution is 2.34. The zero-order chi connectivity index (χ0) is 17.6. The van der Waals surface area contributed by atoms with Crippen LogP contribution in [0.15, 0.2) is 59.8 Å². The molecule has 124 valence electrons. The molecule has 2 amide bonds. The summed E-state index contributed by atoms with van der Waals surface area (Å²) in [6.45, 7) is 1.92. The summed E-state index contributed by atoms with van der Waals surface area (Å²) in [5.41, 5.74) is 1.86. The van der Waals surface area contributed by atoms with Crippen LogP contribution in [0.1, 0.15) is 15.9 Å². The average molecular weight is 334 g/mol. The molecule has 25 heavy (non-hydrogen) atoms. The van der Waals surface area contributed by atoms with E-state index in [4.69, 9.17) is 4.84 Å². The summed E-state index contributed by atoms with van der Waals surface area (Å²) < 4.78 is 0. The van der Waals surface area contributed by atoms with Gasteiger partial charge in [-0.15, -0.1) is 0 Å². The lowest BCUT2D eigenvalue weighted by molar-refractivity contribution is -0.126. The molecule has 0 saturated carbocycles. The number of aryl methyl sites for hydroxylation is 1. The fraction of sp³-hybridized carbons (Fsp3) is 0.158. The maximum atomic E-state index is 12.8. The van der Waals surface area contributed by atoms with Gasteiger partial charge in [-0.2, -0.15) is 0 Å². The van der Waals surface area contributed by atoms with Gasteiger partial charge < -0.3 is 4.84 Å². The maximum absolute atomic E-state index is 12.8. The first kappa shape index (κ1) is 15.3. The number of anilines is 1. The lowest BCUT2D eigenvalue weighted by Crippen LogP contribution is -2.34. The lowest BCUT2D eigenvalue weighted by atomic mass is 9.93. The quantitative estimate of drug-likeness (QED) is 0.636. The minimum Gasteiger partial charge on any atom is -0.381 e. The third kappa shape index (κ3) is 2.34. The van der Waals surface area contributed by atoms with Crippen LogP contribution in [0.4, 0.5) is 5.69 Å². The highest BCUT2D eigenvalue weighted by atomic mass is 16.7. The van der Waals surface area contributed by atoms with Crippen molar-refractivity contribution < 1.29 is 19.2 Å². The van der Waals surface area contributed by atoms with E-state index < -0.39 is 29.6 Å². The maximum Gasteiger partial charge on any atom is 0.278 e. The summed E-state index contributed by atoms with van der Waals surface area (Å²) in [4.78, 5) is 44.3. The first-order valence-electron chi connectivity index (χ1n) is 7.86. The molecule has 0 spiro atoms. The molecule has 2 heterocycles. The zero-order valence-electron chi connectivity index (χ0n) is 13.4. The molecular weight excluding hydrogens is 320 g/mol. The van der Waals surface area contributed by atoms with Gasteiger partial charge in [-0.25, -0.2) is 4.90 Å². The highest BCUT2D eigenvalue weighted by molar-refractivity contribution is 6.52. The van der Waals surface area contributed by atoms with Crippen LogP contribution in [-0.4, -0.2) is 29.4 Å². The molecular formula is C19H14N2O4. The minimum atomic E-state index is -1.07. The number of carbonyl (C=O) groups excluding carboxylic acids is 3. The third-order valence-corrected chi connectivity index (χ3v) is 4.37. The molecule has 0 aliphatic carbocycles. The van der Waals surface area contributed by atoms with Crippen LogP contribution in [-0.2, 0) is 14.4 Å². The first-order chi connectivity index (χ1) is 12.1. The Kier molecular flexibility index (Phi) is 3.46. The van der Waals surface area contributed by atoms with E-state index in [1.807, 2.05) is 19.1 Å². The molecule has 2 unspecified atom stereocenters. The second-order valence-corrected chi connectivity index (χ2v) is 6.02. The number of ketones is 1. The number of nitrogens with zero attached hydrogens (tertiary/aromatic N) is 2. The van der Waals surface area contributed by atoms with E-state index in [9.17, 15) is 14.4 Å². The molecule has 1 fully saturated rings. The number of hydrogen-bond donors (Lipinski definition) is 0. The molecule has 1 saturated heterocycles. The van der Waals surface area contributed by atoms with E-state index in [1.165, 1.54) is 0 Å². The van der Waals surface area contributed by atoms with Gasteiger partial charge in [0, 0.05) is 5.56 Å². The topological polar surface area (TPSA) is 76.0 Å². The van der Waals surface area contributed by atoms with Crippen molar-refractivity contribution in [3.8, 4) is 0 Å². The van der Waals surface area contributed by atoms with Gasteiger partial charge in [-0.05, 0) is 19.1 Å². The molecule has 2 aliphatic heterocycles. The summed E-state index contributed by atoms with van der Waals surface area (Å²) in [5.74, 6) is -2.39. The van der Waals surface area contributed by atoms with Crippen molar-refractivity contribution in [2.24, 2.45) is 11.1 Å². The largest absolute Gasteiger partial charge is 0.381 e. The summed E-state index contributed by atoms with van der Waals surface area (Å²) in [5, 5.41) is 3.74. The number of rotatable bonds is 3. The van der Waals surface area contributed by atoms with E-state index in [0.717, 1.165) is 10.5 Å². The van der Waals surface area contributed by atoms with Crippen LogP contribution in [0.25, 0.3) is 0 Å². The van der Waals surface area contributed by atoms with Gasteiger partial charge in [0.2, 0.25) is 17.8 Å². The second kappa shape index (κ2) is 5.66. The van der Waals surface area contributed by atoms with Crippen molar-refractivity contribution in [3.05, 3.63) is 65.7 Å². The van der Waals surface area contributed by atoms with Crippen LogP contribution in [0.5, 0.6) is 0 Å². The van der Waals surface area contributed by atoms with Crippen LogP contribution < -0.4 is 4.90 Å². The fourth-order valence-corrected chi connectivity index (χ4v) is 3.05. The van der Waals surface area contributed by atoms with Crippen LogP contribution >= 0.6 is 0 Å². The second-order valence-electron chi connectivity index (χ2n) is 6.02. The Hall–Kier alpha value is -3.28. The minimum absolute atomic E-state index is 0.0239. The SMILES string of the molecule is Cc1ccc(N2C(=O)C3ON=C(C(=O)c4ccccc4)C3C2=O)cc1. The number of Topliss-reactive ketones (excluding diaryl/α,β-unsaturated/α-hetero) is 1. The van der Waals surface area contributed by atoms with Crippen molar-refractivity contribution in [2.75, 3.05) is 4.90 Å². The Labute approximate surface area is 143 Å². The number of fused-ring (bicyclic) bond motifs is 1. The molecule has 0 bridgehead atoms. The Morgan fingerprint density at radius 3 is 2.36 bits per heavy atom. The van der Waals surface area contributed by atoms with Gasteiger partial charge in [-0.3, -0.25) is 14.4 Å². The number of amides is 2. The lowest BCUT2D eigenvalue weighted by Gasteiger charge is -2.15. The predicted molar refractivity (Wildman–Crippen MR) is 90.2 cm³/mol. The van der Waals surface area contributed by atoms with Crippen molar-refractivity contribution in [2.45, 2.75) is 13.0 Å². The van der Waals surface area contributed by atoms with Gasteiger partial charge in [0.25, 0.3) is 5.91 Å². The average Bonchev–Trinajstić information content (AvgIpc) is 3.17. The van der Waals surface area contributed by atoms with Crippen molar-refractivity contribution in [3.63, 3.8) is 0 Å². The molecule has 6 heteroatoms. The first-order valence-corrected chi connectivity index (χ1v) is 7.86. The fourth-order valence-electron chi connectivity index (χ4n) is 3.05. The number of imide groups is 1. The monoisotopic (exact) mass is 334 g/mol. The molecule has 2 aromatic carbocycles. The molecule has 0 N–H and O–H groups in total. The van der Waals surface area contributed by atoms with Gasteiger partial charge in [0.05, 0.1) is 5.69 Å². The van der Waals surface area contributed by atoms with Gasteiger partial charge >= 0.3 is 0 Å². The summed E-state index contributed by atoms with van der Waals surface area (Å²) in [6, 6.07) is 15.5. The van der Waals surface area contributed by atoms with E-state index in [-0.39, 0.29) is 5.71 Å². The van der Waals surface area contributed by atoms with Gasteiger partial charge in [-0.1, -0.05) is 53.2 Å². The smallest absolute Gasteiger partial charge is 0.278 e. The third-order valence-electron chi connectivity index (χ3n) is 4.37. The number of carbonyl (C=O) groups is 3. The van der Waals surface area contributed by atoms with Gasteiger partial charge in [0.15, 0.2) is 0 Å². The Balaban J connectivity index is 1.67. The molecule has 2 aromatic rings. The van der Waals surface area contributed by atoms with Crippen molar-refractivity contribution >= 4 is 29.0 Å². The van der Waals surface area contributed by atoms with Crippen LogP contribution in [0.2, 0.25) is 0 Å². The standard InChI is InChI=1S/C19H14N2O4/c1-11-7-9-13(10-8-11)21-18(23)14-15(20-25-17(14)19(21)24)16(22)12-5-3-2-4-6-12/h2-10,14,17H,1H3. The number of oxime groups is 1. The molecule has 4 rings (SSSR count). The zero-order valence-corrected chi connectivity index (χ0v) is 13.4. The molecule has 0 radical (unpaired) electrons. The number of hydrogen-bond acceptors (Lipinski definition) is 5. The summed E-state index contributed by atoms with van der Waals surface area (Å²) >= 11 is 0. The van der Waals surface area contributed by atoms with Crippen LogP contribution in [0, 0.1) is 12.8 Å². The van der Waals surface area contributed by atoms with E-state index in [0.29, 0.717) is 11.3 Å². The number of benzene rings is 2. The van der Waals surface area contributed by atoms with Gasteiger partial charge in [0.1, 0.15) is 11.6 Å². The van der Waals surface area contributed by atoms with Crippen molar-refractivity contribution in [1.82, 2.24) is 0 Å². The Morgan fingerprint density at radius 1 is 1.00 bits per heavy atom. The van der Waals surface area contributed by atoms with E-state index in [1.54, 1.807) is 42.5 Å². The molecule has 2 aliphatic rings. The van der Waals surface area contributed by atoms with Crippen molar-refractivity contribution in [1.29, 1.82) is 0 Å².